The van der Waals surface area contributed by atoms with Crippen LogP contribution >= 0.6 is 0 Å². The Labute approximate surface area is 327 Å². The van der Waals surface area contributed by atoms with Crippen LogP contribution < -0.4 is 16.0 Å². The number of anilines is 1. The van der Waals surface area contributed by atoms with Crippen LogP contribution in [0.3, 0.4) is 0 Å². The largest absolute Gasteiger partial charge is 0.453 e. The Hall–Kier alpha value is -6.27. The highest BCUT2D eigenvalue weighted by atomic mass is 16.5. The molecule has 4 N–H and O–H groups in total. The first-order chi connectivity index (χ1) is 27.2. The zero-order valence-electron chi connectivity index (χ0n) is 32.0. The predicted octanol–water partition coefficient (Wildman–Crippen LogP) is 7.03. The molecule has 3 atom stereocenters. The lowest BCUT2D eigenvalue weighted by Gasteiger charge is -2.31. The molecule has 1 fully saturated rings. The third kappa shape index (κ3) is 9.88. The molecule has 4 amide bonds. The van der Waals surface area contributed by atoms with Crippen molar-refractivity contribution in [2.24, 2.45) is 0 Å². The first-order valence-corrected chi connectivity index (χ1v) is 19.0. The van der Waals surface area contributed by atoms with E-state index in [1.165, 1.54) is 7.11 Å². The topological polar surface area (TPSA) is 149 Å². The Balaban J connectivity index is 0.973. The zero-order valence-corrected chi connectivity index (χ0v) is 32.0. The fourth-order valence-electron chi connectivity index (χ4n) is 7.08. The number of likely N-dealkylation sites (tertiary alicyclic amines) is 1. The monoisotopic (exact) mass is 755 g/mol. The number of hydrogen-bond donors (Lipinski definition) is 4. The number of rotatable bonds is 15. The van der Waals surface area contributed by atoms with E-state index in [4.69, 9.17) is 4.98 Å². The van der Waals surface area contributed by atoms with Crippen molar-refractivity contribution in [1.29, 1.82) is 0 Å². The standard InChI is InChI=1S/C44H49N7O5/c1-50(2)40(34-15-8-5-9-16-34)43(54)51-28-12-17-37(51)41-46-29-36(48-41)32-21-19-30(20-22-32)31-23-25-35(26-24-31)47-38(52)18-10-11-27-45-42(53)39(49-44(55)56-3)33-13-6-4-7-14-33/h4-9,13-16,19-26,29,37,39-40H,10-12,17-18,27-28H2,1-3H3,(H,45,53)(H,46,48)(H,47,52)(H,49,55)/t37-,39+,40+/m0/s1. The number of benzene rings is 4. The summed E-state index contributed by atoms with van der Waals surface area (Å²) in [5.74, 6) is 0.419. The molecule has 0 unspecified atom stereocenters. The van der Waals surface area contributed by atoms with Crippen LogP contribution in [0.25, 0.3) is 22.4 Å². The first-order valence-electron chi connectivity index (χ1n) is 19.0. The molecule has 0 radical (unpaired) electrons. The van der Waals surface area contributed by atoms with Crippen molar-refractivity contribution in [2.45, 2.75) is 50.2 Å². The molecular formula is C44H49N7O5. The number of carbonyl (C=O) groups is 4. The maximum Gasteiger partial charge on any atom is 0.407 e. The van der Waals surface area contributed by atoms with E-state index in [9.17, 15) is 19.2 Å². The van der Waals surface area contributed by atoms with Crippen LogP contribution in [0.4, 0.5) is 10.5 Å². The minimum atomic E-state index is -0.882. The number of hydrogen-bond acceptors (Lipinski definition) is 7. The number of unbranched alkanes of at least 4 members (excludes halogenated alkanes) is 1. The Morgan fingerprint density at radius 2 is 1.46 bits per heavy atom. The van der Waals surface area contributed by atoms with Gasteiger partial charge in [0.2, 0.25) is 17.7 Å². The van der Waals surface area contributed by atoms with Gasteiger partial charge in [-0.3, -0.25) is 19.3 Å². The van der Waals surface area contributed by atoms with E-state index >= 15 is 0 Å². The van der Waals surface area contributed by atoms with Gasteiger partial charge in [-0.1, -0.05) is 97.1 Å². The molecule has 0 aliphatic carbocycles. The number of likely N-dealkylation sites (N-methyl/N-ethyl adjacent to an activating group) is 1. The third-order valence-corrected chi connectivity index (χ3v) is 9.98. The number of carbonyl (C=O) groups excluding carboxylic acids is 4. The number of aromatic amines is 1. The molecule has 56 heavy (non-hydrogen) atoms. The molecule has 1 saturated heterocycles. The van der Waals surface area contributed by atoms with Crippen LogP contribution in [-0.2, 0) is 19.1 Å². The van der Waals surface area contributed by atoms with Gasteiger partial charge in [-0.15, -0.1) is 0 Å². The van der Waals surface area contributed by atoms with E-state index in [0.29, 0.717) is 43.6 Å². The molecule has 290 valence electrons. The Bertz CT molecular complexity index is 2070. The average molecular weight is 756 g/mol. The Morgan fingerprint density at radius 3 is 2.11 bits per heavy atom. The molecule has 1 aromatic heterocycles. The molecule has 12 nitrogen and oxygen atoms in total. The van der Waals surface area contributed by atoms with Crippen LogP contribution in [0.2, 0.25) is 0 Å². The summed E-state index contributed by atoms with van der Waals surface area (Å²) in [7, 11) is 5.13. The second-order valence-corrected chi connectivity index (χ2v) is 14.1. The van der Waals surface area contributed by atoms with Gasteiger partial charge in [0.15, 0.2) is 0 Å². The highest BCUT2D eigenvalue weighted by Crippen LogP contribution is 2.35. The van der Waals surface area contributed by atoms with Crippen molar-refractivity contribution < 1.29 is 23.9 Å². The lowest BCUT2D eigenvalue weighted by molar-refractivity contribution is -0.137. The molecule has 0 spiro atoms. The fraction of sp³-hybridized carbons (Fsp3) is 0.295. The minimum Gasteiger partial charge on any atom is -0.453 e. The minimum absolute atomic E-state index is 0.0837. The van der Waals surface area contributed by atoms with Crippen molar-refractivity contribution in [3.05, 3.63) is 132 Å². The number of aromatic nitrogens is 2. The van der Waals surface area contributed by atoms with Gasteiger partial charge in [0.1, 0.15) is 17.9 Å². The van der Waals surface area contributed by atoms with Gasteiger partial charge in [-0.25, -0.2) is 9.78 Å². The number of amides is 4. The fourth-order valence-corrected chi connectivity index (χ4v) is 7.08. The number of nitrogens with zero attached hydrogens (tertiary/aromatic N) is 3. The second kappa shape index (κ2) is 18.9. The summed E-state index contributed by atoms with van der Waals surface area (Å²) in [4.78, 5) is 63.3. The Morgan fingerprint density at radius 1 is 0.839 bits per heavy atom. The molecule has 1 aliphatic heterocycles. The van der Waals surface area contributed by atoms with Gasteiger partial charge in [0.25, 0.3) is 0 Å². The number of nitrogens with one attached hydrogen (secondary N) is 4. The number of methoxy groups -OCH3 is 1. The van der Waals surface area contributed by atoms with E-state index in [1.54, 1.807) is 24.3 Å². The summed E-state index contributed by atoms with van der Waals surface area (Å²) in [6.07, 6.45) is 4.40. The first kappa shape index (κ1) is 39.4. The van der Waals surface area contributed by atoms with Crippen molar-refractivity contribution in [1.82, 2.24) is 30.4 Å². The van der Waals surface area contributed by atoms with Crippen molar-refractivity contribution >= 4 is 29.5 Å². The van der Waals surface area contributed by atoms with E-state index in [2.05, 4.69) is 49.9 Å². The number of ether oxygens (including phenoxy) is 1. The molecule has 0 saturated carbocycles. The quantitative estimate of drug-likeness (QED) is 0.0839. The normalized spacial score (nSPS) is 14.9. The SMILES string of the molecule is COC(=O)N[C@@H](C(=O)NCCCCC(=O)Nc1ccc(-c2ccc(-c3cnc([C@@H]4CCCN4C(=O)[C@@H](c4ccccc4)N(C)C)[nH]3)cc2)cc1)c1ccccc1. The highest BCUT2D eigenvalue weighted by Gasteiger charge is 2.37. The van der Waals surface area contributed by atoms with Crippen LogP contribution in [0.5, 0.6) is 0 Å². The lowest BCUT2D eigenvalue weighted by atomic mass is 10.0. The second-order valence-electron chi connectivity index (χ2n) is 14.1. The van der Waals surface area contributed by atoms with E-state index in [-0.39, 0.29) is 29.8 Å². The van der Waals surface area contributed by atoms with Gasteiger partial charge in [-0.05, 0) is 79.7 Å². The highest BCUT2D eigenvalue weighted by molar-refractivity contribution is 5.91. The van der Waals surface area contributed by atoms with Crippen molar-refractivity contribution in [2.75, 3.05) is 39.6 Å². The molecule has 1 aliphatic rings. The molecule has 6 rings (SSSR count). The zero-order chi connectivity index (χ0) is 39.4. The molecule has 0 bridgehead atoms. The number of H-pyrrole nitrogens is 1. The molecule has 5 aromatic rings. The summed E-state index contributed by atoms with van der Waals surface area (Å²) < 4.78 is 4.67. The van der Waals surface area contributed by atoms with Gasteiger partial charge in [0.05, 0.1) is 25.0 Å². The number of imidazole rings is 1. The molecule has 4 aromatic carbocycles. The summed E-state index contributed by atoms with van der Waals surface area (Å²) >= 11 is 0. The average Bonchev–Trinajstić information content (AvgIpc) is 3.92. The lowest BCUT2D eigenvalue weighted by Crippen LogP contribution is -2.40. The van der Waals surface area contributed by atoms with Crippen molar-refractivity contribution in [3.8, 4) is 22.4 Å². The van der Waals surface area contributed by atoms with Gasteiger partial charge in [0, 0.05) is 25.2 Å². The predicted molar refractivity (Wildman–Crippen MR) is 216 cm³/mol. The summed E-state index contributed by atoms with van der Waals surface area (Å²) in [5.41, 5.74) is 6.26. The maximum atomic E-state index is 13.9. The summed E-state index contributed by atoms with van der Waals surface area (Å²) in [6, 6.07) is 33.4. The van der Waals surface area contributed by atoms with E-state index < -0.39 is 12.1 Å². The van der Waals surface area contributed by atoms with Crippen LogP contribution in [0.15, 0.2) is 115 Å². The van der Waals surface area contributed by atoms with E-state index in [1.807, 2.05) is 90.8 Å². The Kier molecular flexibility index (Phi) is 13.3. The molecule has 2 heterocycles. The molecular weight excluding hydrogens is 707 g/mol. The summed E-state index contributed by atoms with van der Waals surface area (Å²) in [5, 5.41) is 8.35. The van der Waals surface area contributed by atoms with E-state index in [0.717, 1.165) is 46.6 Å². The van der Waals surface area contributed by atoms with Gasteiger partial charge >= 0.3 is 6.09 Å². The van der Waals surface area contributed by atoms with Crippen LogP contribution in [0.1, 0.15) is 67.2 Å². The smallest absolute Gasteiger partial charge is 0.407 e. The number of alkyl carbamates (subject to hydrolysis) is 1. The van der Waals surface area contributed by atoms with Crippen LogP contribution in [0, 0.1) is 0 Å². The molecule has 12 heteroatoms. The maximum absolute atomic E-state index is 13.9. The van der Waals surface area contributed by atoms with Gasteiger partial charge < -0.3 is 30.6 Å². The van der Waals surface area contributed by atoms with Crippen molar-refractivity contribution in [3.63, 3.8) is 0 Å². The van der Waals surface area contributed by atoms with Gasteiger partial charge in [-0.2, -0.15) is 0 Å². The summed E-state index contributed by atoms with van der Waals surface area (Å²) in [6.45, 7) is 1.06. The third-order valence-electron chi connectivity index (χ3n) is 9.98. The van der Waals surface area contributed by atoms with Crippen LogP contribution in [-0.4, -0.2) is 77.9 Å².